The summed E-state index contributed by atoms with van der Waals surface area (Å²) in [6, 6.07) is -0.582. The first-order valence-electron chi connectivity index (χ1n) is 5.50. The molecule has 0 spiro atoms. The Hall–Kier alpha value is -2.02. The monoisotopic (exact) mass is 232 g/mol. The minimum Gasteiger partial charge on any atom is -0.368 e. The molecule has 0 saturated carbocycles. The van der Waals surface area contributed by atoms with E-state index >= 15 is 0 Å². The summed E-state index contributed by atoms with van der Waals surface area (Å²) in [6.07, 6.45) is 5.79. The molecule has 1 aliphatic heterocycles. The van der Waals surface area contributed by atoms with E-state index in [2.05, 4.69) is 11.8 Å². The Morgan fingerprint density at radius 1 is 1.65 bits per heavy atom. The van der Waals surface area contributed by atoms with Crippen LogP contribution >= 0.6 is 0 Å². The van der Waals surface area contributed by atoms with Crippen molar-refractivity contribution in [2.24, 2.45) is 5.73 Å². The van der Waals surface area contributed by atoms with Crippen LogP contribution in [0.3, 0.4) is 0 Å². The molecule has 0 aromatic carbocycles. The minimum atomic E-state index is -0.582. The van der Waals surface area contributed by atoms with Crippen molar-refractivity contribution in [1.29, 1.82) is 0 Å². The van der Waals surface area contributed by atoms with Gasteiger partial charge in [-0.15, -0.1) is 5.92 Å². The highest BCUT2D eigenvalue weighted by molar-refractivity contribution is 5.89. The first-order valence-corrected chi connectivity index (χ1v) is 5.50. The zero-order valence-corrected chi connectivity index (χ0v) is 10.1. The van der Waals surface area contributed by atoms with Crippen molar-refractivity contribution in [2.75, 3.05) is 0 Å². The van der Waals surface area contributed by atoms with Gasteiger partial charge in [0.1, 0.15) is 6.04 Å². The van der Waals surface area contributed by atoms with E-state index < -0.39 is 11.9 Å². The van der Waals surface area contributed by atoms with E-state index in [1.54, 1.807) is 25.3 Å². The molecule has 1 heterocycles. The lowest BCUT2D eigenvalue weighted by Crippen LogP contribution is -2.44. The maximum Gasteiger partial charge on any atom is 0.240 e. The van der Waals surface area contributed by atoms with Gasteiger partial charge in [-0.2, -0.15) is 0 Å². The number of hydrogen-bond donors (Lipinski definition) is 1. The molecule has 1 rings (SSSR count). The molecule has 0 aliphatic carbocycles. The molecule has 90 valence electrons. The number of primary amides is 1. The average Bonchev–Trinajstić information content (AvgIpc) is 2.43. The molecule has 2 N–H and O–H groups in total. The van der Waals surface area contributed by atoms with Gasteiger partial charge < -0.3 is 10.6 Å². The first-order chi connectivity index (χ1) is 8.10. The Labute approximate surface area is 101 Å². The number of hydrogen-bond acceptors (Lipinski definition) is 2. The maximum atomic E-state index is 12.0. The number of carbonyl (C=O) groups excluding carboxylic acids is 2. The van der Waals surface area contributed by atoms with E-state index in [-0.39, 0.29) is 12.3 Å². The number of carbonyl (C=O) groups is 2. The normalized spacial score (nSPS) is 16.7. The van der Waals surface area contributed by atoms with Crippen molar-refractivity contribution < 1.29 is 9.59 Å². The smallest absolute Gasteiger partial charge is 0.240 e. The number of rotatable bonds is 3. The summed E-state index contributed by atoms with van der Waals surface area (Å²) in [7, 11) is 0. The van der Waals surface area contributed by atoms with E-state index in [0.717, 1.165) is 5.57 Å². The van der Waals surface area contributed by atoms with Crippen molar-refractivity contribution in [3.05, 3.63) is 23.9 Å². The number of allylic oxidation sites excluding steroid dienone is 2. The Kier molecular flexibility index (Phi) is 4.53. The molecular formula is C13H16N2O2. The average molecular weight is 232 g/mol. The Balaban J connectivity index is 2.90. The molecule has 1 unspecified atom stereocenters. The van der Waals surface area contributed by atoms with Crippen LogP contribution in [0.4, 0.5) is 0 Å². The summed E-state index contributed by atoms with van der Waals surface area (Å²) >= 11 is 0. The second-order valence-electron chi connectivity index (χ2n) is 3.71. The second kappa shape index (κ2) is 5.90. The third-order valence-corrected chi connectivity index (χ3v) is 2.51. The van der Waals surface area contributed by atoms with Gasteiger partial charge >= 0.3 is 0 Å². The van der Waals surface area contributed by atoms with Crippen LogP contribution in [0.15, 0.2) is 23.9 Å². The lowest BCUT2D eigenvalue weighted by molar-refractivity contribution is -0.135. The fourth-order valence-corrected chi connectivity index (χ4v) is 1.71. The molecule has 0 fully saturated rings. The fraction of sp³-hybridized carbons (Fsp3) is 0.385. The molecule has 0 aromatic rings. The van der Waals surface area contributed by atoms with Crippen LogP contribution < -0.4 is 5.73 Å². The van der Waals surface area contributed by atoms with Gasteiger partial charge in [-0.1, -0.05) is 12.8 Å². The molecule has 0 bridgehead atoms. The lowest BCUT2D eigenvalue weighted by Gasteiger charge is -2.24. The number of nitrogens with zero attached hydrogens (tertiary/aromatic N) is 1. The number of amides is 2. The van der Waals surface area contributed by atoms with Gasteiger partial charge in [0.15, 0.2) is 0 Å². The van der Waals surface area contributed by atoms with Gasteiger partial charge in [-0.3, -0.25) is 9.59 Å². The SMILES string of the molecule is CC#CC1=CC=CN(C(CC)C(N)=O)C(=O)C1. The van der Waals surface area contributed by atoms with Crippen LogP contribution in [0.1, 0.15) is 26.7 Å². The summed E-state index contributed by atoms with van der Waals surface area (Å²) in [4.78, 5) is 24.6. The quantitative estimate of drug-likeness (QED) is 0.736. The van der Waals surface area contributed by atoms with Gasteiger partial charge in [-0.25, -0.2) is 0 Å². The van der Waals surface area contributed by atoms with Crippen molar-refractivity contribution in [3.8, 4) is 11.8 Å². The molecule has 1 aliphatic rings. The highest BCUT2D eigenvalue weighted by Crippen LogP contribution is 2.14. The van der Waals surface area contributed by atoms with Gasteiger partial charge in [-0.05, 0) is 25.5 Å². The third kappa shape index (κ3) is 3.22. The van der Waals surface area contributed by atoms with Gasteiger partial charge in [0.2, 0.25) is 11.8 Å². The number of nitrogens with two attached hydrogens (primary N) is 1. The van der Waals surface area contributed by atoms with Crippen molar-refractivity contribution in [2.45, 2.75) is 32.7 Å². The van der Waals surface area contributed by atoms with Crippen molar-refractivity contribution >= 4 is 11.8 Å². The molecule has 0 radical (unpaired) electrons. The second-order valence-corrected chi connectivity index (χ2v) is 3.71. The Bertz CT molecular complexity index is 438. The molecule has 0 aromatic heterocycles. The molecule has 2 amide bonds. The molecule has 1 atom stereocenters. The van der Waals surface area contributed by atoms with E-state index in [9.17, 15) is 9.59 Å². The van der Waals surface area contributed by atoms with Crippen LogP contribution in [0, 0.1) is 11.8 Å². The Morgan fingerprint density at radius 2 is 2.35 bits per heavy atom. The summed E-state index contributed by atoms with van der Waals surface area (Å²) in [5.74, 6) is 4.97. The molecule has 0 saturated heterocycles. The van der Waals surface area contributed by atoms with Gasteiger partial charge in [0, 0.05) is 11.8 Å². The topological polar surface area (TPSA) is 63.4 Å². The fourth-order valence-electron chi connectivity index (χ4n) is 1.71. The van der Waals surface area contributed by atoms with Crippen molar-refractivity contribution in [1.82, 2.24) is 4.90 Å². The predicted octanol–water partition coefficient (Wildman–Crippen LogP) is 0.946. The van der Waals surface area contributed by atoms with Gasteiger partial charge in [0.25, 0.3) is 0 Å². The van der Waals surface area contributed by atoms with E-state index in [1.807, 2.05) is 6.92 Å². The van der Waals surface area contributed by atoms with Crippen LogP contribution in [0.2, 0.25) is 0 Å². The standard InChI is InChI=1S/C13H16N2O2/c1-3-6-10-7-5-8-15(12(16)9-10)11(4-2)13(14)17/h5,7-8,11H,4,9H2,1-2H3,(H2,14,17). The van der Waals surface area contributed by atoms with E-state index in [0.29, 0.717) is 6.42 Å². The van der Waals surface area contributed by atoms with Crippen LogP contribution in [-0.4, -0.2) is 22.8 Å². The van der Waals surface area contributed by atoms with E-state index in [4.69, 9.17) is 5.73 Å². The third-order valence-electron chi connectivity index (χ3n) is 2.51. The Morgan fingerprint density at radius 3 is 2.88 bits per heavy atom. The summed E-state index contributed by atoms with van der Waals surface area (Å²) in [5.41, 5.74) is 6.02. The molecular weight excluding hydrogens is 216 g/mol. The summed E-state index contributed by atoms with van der Waals surface area (Å²) in [5, 5.41) is 0. The van der Waals surface area contributed by atoms with Crippen molar-refractivity contribution in [3.63, 3.8) is 0 Å². The molecule has 4 heteroatoms. The largest absolute Gasteiger partial charge is 0.368 e. The van der Waals surface area contributed by atoms with Crippen LogP contribution in [0.5, 0.6) is 0 Å². The first kappa shape index (κ1) is 13.0. The lowest BCUT2D eigenvalue weighted by atomic mass is 10.1. The van der Waals surface area contributed by atoms with Crippen LogP contribution in [0.25, 0.3) is 0 Å². The van der Waals surface area contributed by atoms with E-state index in [1.165, 1.54) is 4.90 Å². The molecule has 4 nitrogen and oxygen atoms in total. The van der Waals surface area contributed by atoms with Crippen LogP contribution in [-0.2, 0) is 9.59 Å². The zero-order valence-electron chi connectivity index (χ0n) is 10.1. The molecule has 17 heavy (non-hydrogen) atoms. The summed E-state index contributed by atoms with van der Waals surface area (Å²) < 4.78 is 0. The summed E-state index contributed by atoms with van der Waals surface area (Å²) in [6.45, 7) is 3.54. The van der Waals surface area contributed by atoms with Gasteiger partial charge in [0.05, 0.1) is 6.42 Å². The predicted molar refractivity (Wildman–Crippen MR) is 65.4 cm³/mol. The zero-order chi connectivity index (χ0) is 12.8. The maximum absolute atomic E-state index is 12.0. The highest BCUT2D eigenvalue weighted by atomic mass is 16.2. The highest BCUT2D eigenvalue weighted by Gasteiger charge is 2.25. The minimum absolute atomic E-state index is 0.154.